The van der Waals surface area contributed by atoms with Gasteiger partial charge in [-0.15, -0.1) is 0 Å². The van der Waals surface area contributed by atoms with Crippen molar-refractivity contribution in [3.63, 3.8) is 0 Å². The number of aromatic amines is 1. The first-order chi connectivity index (χ1) is 8.25. The second-order valence-electron chi connectivity index (χ2n) is 4.84. The zero-order valence-electron chi connectivity index (χ0n) is 10.0. The fourth-order valence-electron chi connectivity index (χ4n) is 2.41. The molecule has 1 saturated carbocycles. The van der Waals surface area contributed by atoms with Crippen LogP contribution >= 0.6 is 0 Å². The lowest BCUT2D eigenvalue weighted by Gasteiger charge is -2.21. The Hall–Kier alpha value is -1.29. The van der Waals surface area contributed by atoms with Crippen molar-refractivity contribution in [2.75, 3.05) is 6.54 Å². The van der Waals surface area contributed by atoms with E-state index in [0.717, 1.165) is 18.2 Å². The van der Waals surface area contributed by atoms with Gasteiger partial charge in [-0.2, -0.15) is 0 Å². The minimum Gasteiger partial charge on any atom is -0.503 e. The first-order valence-electron chi connectivity index (χ1n) is 6.37. The summed E-state index contributed by atoms with van der Waals surface area (Å²) in [5.74, 6) is 0.564. The molecule has 0 amide bonds. The third kappa shape index (κ3) is 3.60. The average Bonchev–Trinajstić information content (AvgIpc) is 2.35. The van der Waals surface area contributed by atoms with Gasteiger partial charge in [0.15, 0.2) is 5.75 Å². The lowest BCUT2D eigenvalue weighted by Crippen LogP contribution is -2.24. The standard InChI is InChI=1S/C13H20N2O2/c16-12-6-11(15-9-13(12)17)8-14-7-10-4-2-1-3-5-10/h6,9-10,14,17H,1-5,7-8H2,(H,15,16). The molecule has 1 fully saturated rings. The van der Waals surface area contributed by atoms with E-state index in [9.17, 15) is 4.79 Å². The lowest BCUT2D eigenvalue weighted by atomic mass is 9.89. The summed E-state index contributed by atoms with van der Waals surface area (Å²) in [5.41, 5.74) is 0.502. The molecule has 0 aliphatic heterocycles. The van der Waals surface area contributed by atoms with Crippen molar-refractivity contribution in [2.24, 2.45) is 5.92 Å². The maximum absolute atomic E-state index is 11.2. The third-order valence-corrected chi connectivity index (χ3v) is 3.43. The van der Waals surface area contributed by atoms with Crippen LogP contribution in [0.25, 0.3) is 0 Å². The van der Waals surface area contributed by atoms with Crippen LogP contribution in [-0.4, -0.2) is 16.6 Å². The van der Waals surface area contributed by atoms with E-state index in [2.05, 4.69) is 10.3 Å². The highest BCUT2D eigenvalue weighted by atomic mass is 16.3. The van der Waals surface area contributed by atoms with Gasteiger partial charge in [0, 0.05) is 24.5 Å². The van der Waals surface area contributed by atoms with E-state index in [1.54, 1.807) is 0 Å². The van der Waals surface area contributed by atoms with Gasteiger partial charge in [0.05, 0.1) is 0 Å². The van der Waals surface area contributed by atoms with E-state index < -0.39 is 0 Å². The van der Waals surface area contributed by atoms with Crippen molar-refractivity contribution < 1.29 is 5.11 Å². The molecule has 0 saturated heterocycles. The smallest absolute Gasteiger partial charge is 0.223 e. The molecular weight excluding hydrogens is 216 g/mol. The molecule has 0 atom stereocenters. The topological polar surface area (TPSA) is 65.1 Å². The Morgan fingerprint density at radius 3 is 2.82 bits per heavy atom. The molecule has 0 unspecified atom stereocenters. The van der Waals surface area contributed by atoms with Crippen molar-refractivity contribution in [3.8, 4) is 5.75 Å². The van der Waals surface area contributed by atoms with E-state index >= 15 is 0 Å². The van der Waals surface area contributed by atoms with E-state index in [1.165, 1.54) is 44.4 Å². The summed E-state index contributed by atoms with van der Waals surface area (Å²) in [5, 5.41) is 12.5. The number of aromatic hydroxyl groups is 1. The van der Waals surface area contributed by atoms with Crippen LogP contribution in [0.2, 0.25) is 0 Å². The van der Waals surface area contributed by atoms with E-state index in [4.69, 9.17) is 5.11 Å². The minimum atomic E-state index is -0.321. The van der Waals surface area contributed by atoms with Crippen LogP contribution in [0.1, 0.15) is 37.8 Å². The number of hydrogen-bond acceptors (Lipinski definition) is 3. The first kappa shape index (κ1) is 12.2. The zero-order chi connectivity index (χ0) is 12.1. The summed E-state index contributed by atoms with van der Waals surface area (Å²) in [6.45, 7) is 1.68. The Morgan fingerprint density at radius 2 is 2.12 bits per heavy atom. The van der Waals surface area contributed by atoms with Crippen LogP contribution in [0.15, 0.2) is 17.1 Å². The lowest BCUT2D eigenvalue weighted by molar-refractivity contribution is 0.341. The molecule has 17 heavy (non-hydrogen) atoms. The van der Waals surface area contributed by atoms with Crippen LogP contribution in [-0.2, 0) is 6.54 Å². The SMILES string of the molecule is O=c1cc(CNCC2CCCCC2)[nH]cc1O. The molecule has 4 nitrogen and oxygen atoms in total. The molecule has 1 aliphatic rings. The fourth-order valence-corrected chi connectivity index (χ4v) is 2.41. The second kappa shape index (κ2) is 5.87. The van der Waals surface area contributed by atoms with Gasteiger partial charge < -0.3 is 15.4 Å². The minimum absolute atomic E-state index is 0.221. The van der Waals surface area contributed by atoms with Crippen molar-refractivity contribution in [1.82, 2.24) is 10.3 Å². The summed E-state index contributed by atoms with van der Waals surface area (Å²) >= 11 is 0. The van der Waals surface area contributed by atoms with Gasteiger partial charge in [-0.1, -0.05) is 19.3 Å². The van der Waals surface area contributed by atoms with Gasteiger partial charge in [-0.05, 0) is 25.3 Å². The molecule has 1 aromatic heterocycles. The number of H-pyrrole nitrogens is 1. The van der Waals surface area contributed by atoms with E-state index in [0.29, 0.717) is 6.54 Å². The first-order valence-corrected chi connectivity index (χ1v) is 6.37. The largest absolute Gasteiger partial charge is 0.503 e. The summed E-state index contributed by atoms with van der Waals surface area (Å²) in [4.78, 5) is 14.1. The molecule has 0 radical (unpaired) electrons. The summed E-state index contributed by atoms with van der Waals surface area (Å²) in [6.07, 6.45) is 8.06. The van der Waals surface area contributed by atoms with Gasteiger partial charge in [-0.25, -0.2) is 0 Å². The van der Waals surface area contributed by atoms with E-state index in [-0.39, 0.29) is 11.2 Å². The Labute approximate surface area is 101 Å². The monoisotopic (exact) mass is 236 g/mol. The van der Waals surface area contributed by atoms with Gasteiger partial charge in [0.2, 0.25) is 5.43 Å². The Kier molecular flexibility index (Phi) is 4.20. The fraction of sp³-hybridized carbons (Fsp3) is 0.615. The van der Waals surface area contributed by atoms with Crippen molar-refractivity contribution in [1.29, 1.82) is 0 Å². The summed E-state index contributed by atoms with van der Waals surface area (Å²) < 4.78 is 0. The number of hydrogen-bond donors (Lipinski definition) is 3. The maximum atomic E-state index is 11.2. The number of nitrogens with one attached hydrogen (secondary N) is 2. The molecular formula is C13H20N2O2. The predicted octanol–water partition coefficient (Wildman–Crippen LogP) is 1.75. The number of rotatable bonds is 4. The highest BCUT2D eigenvalue weighted by molar-refractivity contribution is 5.18. The van der Waals surface area contributed by atoms with Crippen LogP contribution in [0.4, 0.5) is 0 Å². The van der Waals surface area contributed by atoms with Gasteiger partial charge in [0.25, 0.3) is 0 Å². The highest BCUT2D eigenvalue weighted by Gasteiger charge is 2.12. The second-order valence-corrected chi connectivity index (χ2v) is 4.84. The van der Waals surface area contributed by atoms with Crippen molar-refractivity contribution in [2.45, 2.75) is 38.6 Å². The number of pyridine rings is 1. The van der Waals surface area contributed by atoms with Crippen molar-refractivity contribution >= 4 is 0 Å². The molecule has 1 aromatic rings. The molecule has 94 valence electrons. The highest BCUT2D eigenvalue weighted by Crippen LogP contribution is 2.22. The quantitative estimate of drug-likeness (QED) is 0.746. The third-order valence-electron chi connectivity index (χ3n) is 3.43. The Bertz CT molecular complexity index is 408. The molecule has 1 heterocycles. The predicted molar refractivity (Wildman–Crippen MR) is 67.0 cm³/mol. The summed E-state index contributed by atoms with van der Waals surface area (Å²) in [6, 6.07) is 1.45. The summed E-state index contributed by atoms with van der Waals surface area (Å²) in [7, 11) is 0. The van der Waals surface area contributed by atoms with Gasteiger partial charge in [0.1, 0.15) is 0 Å². The van der Waals surface area contributed by atoms with Gasteiger partial charge >= 0.3 is 0 Å². The van der Waals surface area contributed by atoms with Crippen LogP contribution in [0.5, 0.6) is 5.75 Å². The van der Waals surface area contributed by atoms with Crippen LogP contribution < -0.4 is 10.7 Å². The normalized spacial score (nSPS) is 17.2. The molecule has 0 spiro atoms. The molecule has 1 aliphatic carbocycles. The Morgan fingerprint density at radius 1 is 1.35 bits per heavy atom. The Balaban J connectivity index is 1.77. The van der Waals surface area contributed by atoms with Crippen molar-refractivity contribution in [3.05, 3.63) is 28.2 Å². The van der Waals surface area contributed by atoms with Crippen LogP contribution in [0.3, 0.4) is 0 Å². The molecule has 0 aromatic carbocycles. The van der Waals surface area contributed by atoms with E-state index in [1.807, 2.05) is 0 Å². The molecule has 4 heteroatoms. The zero-order valence-corrected chi connectivity index (χ0v) is 10.0. The van der Waals surface area contributed by atoms with Crippen LogP contribution in [0, 0.1) is 5.92 Å². The number of aromatic nitrogens is 1. The van der Waals surface area contributed by atoms with Gasteiger partial charge in [-0.3, -0.25) is 4.79 Å². The molecule has 0 bridgehead atoms. The molecule has 2 rings (SSSR count). The molecule has 3 N–H and O–H groups in total. The average molecular weight is 236 g/mol. The maximum Gasteiger partial charge on any atom is 0.223 e.